The van der Waals surface area contributed by atoms with Crippen molar-refractivity contribution in [3.63, 3.8) is 0 Å². The van der Waals surface area contributed by atoms with Gasteiger partial charge in [0, 0.05) is 11.4 Å². The second-order valence-electron chi connectivity index (χ2n) is 5.01. The zero-order valence-corrected chi connectivity index (χ0v) is 11.6. The Morgan fingerprint density at radius 2 is 1.81 bits per heavy atom. The van der Waals surface area contributed by atoms with Crippen LogP contribution in [0.2, 0.25) is 0 Å². The van der Waals surface area contributed by atoms with Crippen molar-refractivity contribution in [3.8, 4) is 0 Å². The molecule has 1 heterocycles. The second-order valence-corrected chi connectivity index (χ2v) is 6.19. The highest BCUT2D eigenvalue weighted by atomic mass is 79.9. The lowest BCUT2D eigenvalue weighted by Gasteiger charge is -2.26. The molecule has 0 aromatic heterocycles. The van der Waals surface area contributed by atoms with Gasteiger partial charge in [0.25, 0.3) is 0 Å². The molecule has 0 bridgehead atoms. The van der Waals surface area contributed by atoms with E-state index in [1.54, 1.807) is 0 Å². The van der Waals surface area contributed by atoms with Crippen LogP contribution in [0.3, 0.4) is 0 Å². The Morgan fingerprint density at radius 3 is 2.56 bits per heavy atom. The first-order valence-electron chi connectivity index (χ1n) is 6.73. The Balaban J connectivity index is 1.71. The first kappa shape index (κ1) is 12.8. The molecule has 1 saturated heterocycles. The Kier molecular flexibility index (Phi) is 5.60. The van der Waals surface area contributed by atoms with Crippen LogP contribution < -0.4 is 0 Å². The van der Waals surface area contributed by atoms with Gasteiger partial charge in [-0.25, -0.2) is 0 Å². The lowest BCUT2D eigenvalue weighted by Crippen LogP contribution is -2.29. The number of hydrogen-bond donors (Lipinski definition) is 0. The third kappa shape index (κ3) is 4.01. The monoisotopic (exact) mass is 290 g/mol. The summed E-state index contributed by atoms with van der Waals surface area (Å²) in [5.41, 5.74) is 0. The van der Waals surface area contributed by atoms with Crippen LogP contribution >= 0.6 is 15.9 Å². The summed E-state index contributed by atoms with van der Waals surface area (Å²) in [6, 6.07) is 0. The minimum atomic E-state index is 0.366. The van der Waals surface area contributed by atoms with Gasteiger partial charge in [0.2, 0.25) is 0 Å². The van der Waals surface area contributed by atoms with E-state index in [-0.39, 0.29) is 0 Å². The molecule has 2 rings (SSSR count). The molecule has 1 aliphatic heterocycles. The summed E-state index contributed by atoms with van der Waals surface area (Å²) >= 11 is 3.78. The minimum Gasteiger partial charge on any atom is -0.376 e. The molecule has 2 nitrogen and oxygen atoms in total. The highest BCUT2D eigenvalue weighted by Gasteiger charge is 2.23. The average molecular weight is 291 g/mol. The second kappa shape index (κ2) is 6.97. The van der Waals surface area contributed by atoms with Gasteiger partial charge in [-0.05, 0) is 25.7 Å². The number of ether oxygens (including phenoxy) is 2. The molecule has 0 N–H and O–H groups in total. The van der Waals surface area contributed by atoms with Crippen molar-refractivity contribution in [2.24, 2.45) is 0 Å². The Hall–Kier alpha value is 0.400. The van der Waals surface area contributed by atoms with Crippen LogP contribution in [0.5, 0.6) is 0 Å². The number of alkyl halides is 1. The highest BCUT2D eigenvalue weighted by Crippen LogP contribution is 2.26. The van der Waals surface area contributed by atoms with Gasteiger partial charge in [-0.15, -0.1) is 0 Å². The van der Waals surface area contributed by atoms with Gasteiger partial charge in [-0.2, -0.15) is 0 Å². The predicted octanol–water partition coefficient (Wildman–Crippen LogP) is 3.67. The van der Waals surface area contributed by atoms with Crippen molar-refractivity contribution in [1.29, 1.82) is 0 Å². The van der Waals surface area contributed by atoms with E-state index in [0.717, 1.165) is 13.2 Å². The summed E-state index contributed by atoms with van der Waals surface area (Å²) in [5.74, 6) is 0. The van der Waals surface area contributed by atoms with E-state index in [0.29, 0.717) is 17.0 Å². The van der Waals surface area contributed by atoms with Crippen molar-refractivity contribution in [1.82, 2.24) is 0 Å². The molecule has 0 amide bonds. The molecule has 3 unspecified atom stereocenters. The SMILES string of the molecule is BrC1CCCCCCC1OCC1CCCO1. The number of halogens is 1. The van der Waals surface area contributed by atoms with Crippen LogP contribution in [0.25, 0.3) is 0 Å². The lowest BCUT2D eigenvalue weighted by atomic mass is 9.98. The summed E-state index contributed by atoms with van der Waals surface area (Å²) in [7, 11) is 0. The molecule has 3 heteroatoms. The van der Waals surface area contributed by atoms with E-state index in [2.05, 4.69) is 15.9 Å². The Labute approximate surface area is 107 Å². The fourth-order valence-electron chi connectivity index (χ4n) is 2.60. The van der Waals surface area contributed by atoms with Crippen LogP contribution in [0, 0.1) is 0 Å². The van der Waals surface area contributed by atoms with E-state index in [1.807, 2.05) is 0 Å². The summed E-state index contributed by atoms with van der Waals surface area (Å²) in [6.07, 6.45) is 11.1. The summed E-state index contributed by atoms with van der Waals surface area (Å²) in [4.78, 5) is 0.550. The molecule has 0 aromatic carbocycles. The molecule has 2 fully saturated rings. The van der Waals surface area contributed by atoms with E-state index in [1.165, 1.54) is 51.4 Å². The van der Waals surface area contributed by atoms with Gasteiger partial charge in [0.1, 0.15) is 0 Å². The fourth-order valence-corrected chi connectivity index (χ4v) is 3.34. The molecule has 1 aliphatic carbocycles. The molecule has 2 aliphatic rings. The highest BCUT2D eigenvalue weighted by molar-refractivity contribution is 9.09. The molecule has 16 heavy (non-hydrogen) atoms. The van der Waals surface area contributed by atoms with Crippen molar-refractivity contribution in [2.45, 2.75) is 68.4 Å². The van der Waals surface area contributed by atoms with Gasteiger partial charge < -0.3 is 9.47 Å². The van der Waals surface area contributed by atoms with Gasteiger partial charge in [0.15, 0.2) is 0 Å². The van der Waals surface area contributed by atoms with Gasteiger partial charge in [-0.3, -0.25) is 0 Å². The maximum absolute atomic E-state index is 6.04. The van der Waals surface area contributed by atoms with Crippen molar-refractivity contribution in [3.05, 3.63) is 0 Å². The van der Waals surface area contributed by atoms with Crippen LogP contribution in [0.4, 0.5) is 0 Å². The van der Waals surface area contributed by atoms with Crippen molar-refractivity contribution in [2.75, 3.05) is 13.2 Å². The topological polar surface area (TPSA) is 18.5 Å². The third-order valence-electron chi connectivity index (χ3n) is 3.64. The predicted molar refractivity (Wildman–Crippen MR) is 69.1 cm³/mol. The van der Waals surface area contributed by atoms with Gasteiger partial charge in [-0.1, -0.05) is 41.6 Å². The van der Waals surface area contributed by atoms with Crippen LogP contribution in [-0.2, 0) is 9.47 Å². The lowest BCUT2D eigenvalue weighted by molar-refractivity contribution is -0.0256. The summed E-state index contributed by atoms with van der Waals surface area (Å²) in [5, 5.41) is 0. The molecule has 3 atom stereocenters. The number of hydrogen-bond acceptors (Lipinski definition) is 2. The van der Waals surface area contributed by atoms with Gasteiger partial charge in [0.05, 0.1) is 18.8 Å². The van der Waals surface area contributed by atoms with Gasteiger partial charge >= 0.3 is 0 Å². The van der Waals surface area contributed by atoms with Crippen LogP contribution in [0.1, 0.15) is 51.4 Å². The molecule has 1 saturated carbocycles. The molecule has 0 aromatic rings. The molecule has 0 spiro atoms. The van der Waals surface area contributed by atoms with Crippen molar-refractivity contribution >= 4 is 15.9 Å². The quantitative estimate of drug-likeness (QED) is 0.739. The van der Waals surface area contributed by atoms with Crippen LogP contribution in [-0.4, -0.2) is 30.2 Å². The standard InChI is InChI=1S/C13H23BrO2/c14-12-7-3-1-2-4-8-13(12)16-10-11-6-5-9-15-11/h11-13H,1-10H2. The van der Waals surface area contributed by atoms with Crippen molar-refractivity contribution < 1.29 is 9.47 Å². The zero-order valence-electron chi connectivity index (χ0n) is 10.00. The minimum absolute atomic E-state index is 0.366. The first-order valence-corrected chi connectivity index (χ1v) is 7.65. The largest absolute Gasteiger partial charge is 0.376 e. The average Bonchev–Trinajstić information content (AvgIpc) is 2.76. The van der Waals surface area contributed by atoms with E-state index in [4.69, 9.17) is 9.47 Å². The van der Waals surface area contributed by atoms with E-state index in [9.17, 15) is 0 Å². The van der Waals surface area contributed by atoms with Crippen LogP contribution in [0.15, 0.2) is 0 Å². The summed E-state index contributed by atoms with van der Waals surface area (Å²) in [6.45, 7) is 1.73. The smallest absolute Gasteiger partial charge is 0.0809 e. The Morgan fingerprint density at radius 1 is 1.00 bits per heavy atom. The maximum atomic E-state index is 6.04. The molecule has 0 radical (unpaired) electrons. The molecular formula is C13H23BrO2. The fraction of sp³-hybridized carbons (Fsp3) is 1.00. The molecule has 94 valence electrons. The Bertz CT molecular complexity index is 192. The van der Waals surface area contributed by atoms with E-state index < -0.39 is 0 Å². The zero-order chi connectivity index (χ0) is 11.2. The third-order valence-corrected chi connectivity index (χ3v) is 4.69. The number of rotatable bonds is 3. The van der Waals surface area contributed by atoms with E-state index >= 15 is 0 Å². The molecular weight excluding hydrogens is 268 g/mol. The first-order chi connectivity index (χ1) is 7.86. The summed E-state index contributed by atoms with van der Waals surface area (Å²) < 4.78 is 11.6. The maximum Gasteiger partial charge on any atom is 0.0809 e. The normalized spacial score (nSPS) is 36.9.